The molecule has 1 heterocycles. The molecule has 1 aromatic heterocycles. The molecule has 28 heavy (non-hydrogen) atoms. The maximum absolute atomic E-state index is 12.7. The Labute approximate surface area is 164 Å². The predicted molar refractivity (Wildman–Crippen MR) is 107 cm³/mol. The third-order valence-corrected chi connectivity index (χ3v) is 6.19. The van der Waals surface area contributed by atoms with Gasteiger partial charge in [0.1, 0.15) is 5.76 Å². The molecule has 0 atom stereocenters. The first-order chi connectivity index (χ1) is 13.2. The molecular formula is C20H21N3O4S. The molecule has 0 bridgehead atoms. The molecule has 0 saturated carbocycles. The van der Waals surface area contributed by atoms with Crippen molar-refractivity contribution in [3.05, 3.63) is 65.5 Å². The molecule has 8 heteroatoms. The highest BCUT2D eigenvalue weighted by molar-refractivity contribution is 7.89. The zero-order chi connectivity index (χ0) is 20.5. The first kappa shape index (κ1) is 19.8. The molecule has 0 radical (unpaired) electrons. The highest BCUT2D eigenvalue weighted by Crippen LogP contribution is 2.25. The van der Waals surface area contributed by atoms with Crippen LogP contribution in [0.25, 0.3) is 11.5 Å². The normalized spacial score (nSPS) is 11.6. The van der Waals surface area contributed by atoms with Crippen LogP contribution in [0.1, 0.15) is 21.8 Å². The van der Waals surface area contributed by atoms with E-state index >= 15 is 0 Å². The van der Waals surface area contributed by atoms with Crippen molar-refractivity contribution in [2.24, 2.45) is 0 Å². The smallest absolute Gasteiger partial charge is 0.277 e. The first-order valence-corrected chi connectivity index (χ1v) is 10.0. The lowest BCUT2D eigenvalue weighted by Crippen LogP contribution is -2.23. The Kier molecular flexibility index (Phi) is 5.35. The number of carbonyl (C=O) groups excluding carboxylic acids is 1. The van der Waals surface area contributed by atoms with Crippen molar-refractivity contribution in [2.45, 2.75) is 18.7 Å². The van der Waals surface area contributed by atoms with E-state index in [0.29, 0.717) is 22.9 Å². The topological polar surface area (TPSA) is 92.5 Å². The van der Waals surface area contributed by atoms with Gasteiger partial charge in [0.2, 0.25) is 15.9 Å². The van der Waals surface area contributed by atoms with E-state index in [1.54, 1.807) is 26.0 Å². The third kappa shape index (κ3) is 3.83. The van der Waals surface area contributed by atoms with Gasteiger partial charge in [-0.2, -0.15) is 0 Å². The van der Waals surface area contributed by atoms with Gasteiger partial charge in [-0.25, -0.2) is 17.7 Å². The molecule has 0 spiro atoms. The number of rotatable bonds is 5. The number of hydrogen-bond acceptors (Lipinski definition) is 5. The van der Waals surface area contributed by atoms with Crippen LogP contribution in [0.3, 0.4) is 0 Å². The summed E-state index contributed by atoms with van der Waals surface area (Å²) in [6.45, 7) is 3.36. The van der Waals surface area contributed by atoms with Gasteiger partial charge in [0, 0.05) is 25.3 Å². The summed E-state index contributed by atoms with van der Waals surface area (Å²) in [7, 11) is -0.698. The van der Waals surface area contributed by atoms with Crippen molar-refractivity contribution in [1.82, 2.24) is 9.29 Å². The summed E-state index contributed by atoms with van der Waals surface area (Å²) in [5, 5.41) is 2.70. The van der Waals surface area contributed by atoms with Gasteiger partial charge >= 0.3 is 0 Å². The molecule has 0 aliphatic rings. The van der Waals surface area contributed by atoms with Crippen LogP contribution in [0.4, 0.5) is 5.69 Å². The summed E-state index contributed by atoms with van der Waals surface area (Å²) >= 11 is 0. The van der Waals surface area contributed by atoms with E-state index in [4.69, 9.17) is 4.42 Å². The fraction of sp³-hybridized carbons (Fsp3) is 0.200. The second-order valence-corrected chi connectivity index (χ2v) is 8.63. The Morgan fingerprint density at radius 2 is 1.75 bits per heavy atom. The number of hydrogen-bond donors (Lipinski definition) is 1. The van der Waals surface area contributed by atoms with Crippen LogP contribution in [0, 0.1) is 13.8 Å². The summed E-state index contributed by atoms with van der Waals surface area (Å²) in [4.78, 5) is 17.1. The van der Waals surface area contributed by atoms with Crippen LogP contribution < -0.4 is 5.32 Å². The fourth-order valence-corrected chi connectivity index (χ4v) is 3.80. The second-order valence-electron chi connectivity index (χ2n) is 6.51. The Morgan fingerprint density at radius 1 is 1.07 bits per heavy atom. The number of anilines is 1. The number of oxazole rings is 1. The summed E-state index contributed by atoms with van der Waals surface area (Å²) in [5.74, 6) is 0.258. The van der Waals surface area contributed by atoms with E-state index in [9.17, 15) is 13.2 Å². The van der Waals surface area contributed by atoms with Gasteiger partial charge in [-0.15, -0.1) is 0 Å². The Hall–Kier alpha value is -2.97. The molecule has 2 aromatic carbocycles. The number of nitrogens with zero attached hydrogens (tertiary/aromatic N) is 2. The van der Waals surface area contributed by atoms with Crippen molar-refractivity contribution >= 4 is 21.6 Å². The van der Waals surface area contributed by atoms with Gasteiger partial charge in [0.15, 0.2) is 5.69 Å². The van der Waals surface area contributed by atoms with Crippen molar-refractivity contribution < 1.29 is 17.6 Å². The van der Waals surface area contributed by atoms with E-state index in [1.807, 2.05) is 30.3 Å². The standard InChI is InChI=1S/C20H21N3O4S/c1-13-10-11-16(12-17(13)28(25,26)23(3)4)21-19(24)18-14(2)27-20(22-18)15-8-6-5-7-9-15/h5-12H,1-4H3,(H,21,24). The van der Waals surface area contributed by atoms with Gasteiger partial charge in [-0.1, -0.05) is 24.3 Å². The van der Waals surface area contributed by atoms with Crippen LogP contribution >= 0.6 is 0 Å². The minimum absolute atomic E-state index is 0.136. The number of aromatic nitrogens is 1. The number of amides is 1. The van der Waals surface area contributed by atoms with Gasteiger partial charge < -0.3 is 9.73 Å². The Bertz CT molecular complexity index is 1120. The number of carbonyl (C=O) groups is 1. The lowest BCUT2D eigenvalue weighted by molar-refractivity contribution is 0.102. The van der Waals surface area contributed by atoms with E-state index in [2.05, 4.69) is 10.3 Å². The molecule has 0 aliphatic heterocycles. The predicted octanol–water partition coefficient (Wildman–Crippen LogP) is 3.46. The van der Waals surface area contributed by atoms with Crippen LogP contribution in [-0.2, 0) is 10.0 Å². The first-order valence-electron chi connectivity index (χ1n) is 8.57. The average molecular weight is 399 g/mol. The molecule has 0 saturated heterocycles. The Morgan fingerprint density at radius 3 is 2.39 bits per heavy atom. The van der Waals surface area contributed by atoms with E-state index in [-0.39, 0.29) is 10.6 Å². The summed E-state index contributed by atoms with van der Waals surface area (Å²) in [6, 6.07) is 14.0. The lowest BCUT2D eigenvalue weighted by Gasteiger charge is -2.15. The van der Waals surface area contributed by atoms with Crippen LogP contribution in [0.15, 0.2) is 57.8 Å². The van der Waals surface area contributed by atoms with Crippen LogP contribution in [-0.4, -0.2) is 37.7 Å². The Balaban J connectivity index is 1.89. The second kappa shape index (κ2) is 7.57. The van der Waals surface area contributed by atoms with Gasteiger partial charge in [-0.3, -0.25) is 4.79 Å². The molecule has 1 N–H and O–H groups in total. The average Bonchev–Trinajstić information content (AvgIpc) is 3.05. The molecule has 1 amide bonds. The maximum Gasteiger partial charge on any atom is 0.277 e. The highest BCUT2D eigenvalue weighted by Gasteiger charge is 2.22. The minimum Gasteiger partial charge on any atom is -0.441 e. The zero-order valence-corrected chi connectivity index (χ0v) is 16.9. The van der Waals surface area contributed by atoms with Crippen molar-refractivity contribution in [1.29, 1.82) is 0 Å². The van der Waals surface area contributed by atoms with Gasteiger partial charge in [0.05, 0.1) is 4.90 Å². The van der Waals surface area contributed by atoms with Crippen molar-refractivity contribution in [2.75, 3.05) is 19.4 Å². The fourth-order valence-electron chi connectivity index (χ4n) is 2.65. The summed E-state index contributed by atoms with van der Waals surface area (Å²) in [5.41, 5.74) is 1.87. The summed E-state index contributed by atoms with van der Waals surface area (Å²) < 4.78 is 31.7. The monoisotopic (exact) mass is 399 g/mol. The molecular weight excluding hydrogens is 378 g/mol. The van der Waals surface area contributed by atoms with Crippen molar-refractivity contribution in [3.8, 4) is 11.5 Å². The third-order valence-electron chi connectivity index (χ3n) is 4.24. The van der Waals surface area contributed by atoms with E-state index < -0.39 is 15.9 Å². The summed E-state index contributed by atoms with van der Waals surface area (Å²) in [6.07, 6.45) is 0. The molecule has 146 valence electrons. The van der Waals surface area contributed by atoms with Crippen LogP contribution in [0.2, 0.25) is 0 Å². The number of benzene rings is 2. The molecule has 0 fully saturated rings. The van der Waals surface area contributed by atoms with Crippen LogP contribution in [0.5, 0.6) is 0 Å². The van der Waals surface area contributed by atoms with E-state index in [0.717, 1.165) is 9.87 Å². The van der Waals surface area contributed by atoms with Gasteiger partial charge in [0.25, 0.3) is 5.91 Å². The number of sulfonamides is 1. The quantitative estimate of drug-likeness (QED) is 0.709. The molecule has 3 rings (SSSR count). The molecule has 0 unspecified atom stereocenters. The number of nitrogens with one attached hydrogen (secondary N) is 1. The lowest BCUT2D eigenvalue weighted by atomic mass is 10.2. The number of aryl methyl sites for hydroxylation is 2. The van der Waals surface area contributed by atoms with Gasteiger partial charge in [-0.05, 0) is 43.7 Å². The largest absolute Gasteiger partial charge is 0.441 e. The highest BCUT2D eigenvalue weighted by atomic mass is 32.2. The molecule has 0 aliphatic carbocycles. The van der Waals surface area contributed by atoms with E-state index in [1.165, 1.54) is 20.2 Å². The maximum atomic E-state index is 12.7. The minimum atomic E-state index is -3.62. The zero-order valence-electron chi connectivity index (χ0n) is 16.1. The SMILES string of the molecule is Cc1ccc(NC(=O)c2nc(-c3ccccc3)oc2C)cc1S(=O)(=O)N(C)C. The van der Waals surface area contributed by atoms with Crippen molar-refractivity contribution in [3.63, 3.8) is 0 Å². The molecule has 3 aromatic rings. The molecule has 7 nitrogen and oxygen atoms in total.